The van der Waals surface area contributed by atoms with E-state index in [0.717, 1.165) is 37.1 Å². The van der Waals surface area contributed by atoms with Crippen molar-refractivity contribution in [2.75, 3.05) is 26.3 Å². The van der Waals surface area contributed by atoms with E-state index in [4.69, 9.17) is 4.74 Å². The number of aliphatic hydroxyl groups is 1. The molecule has 2 heterocycles. The van der Waals surface area contributed by atoms with E-state index in [9.17, 15) is 9.90 Å². The van der Waals surface area contributed by atoms with E-state index in [-0.39, 0.29) is 11.8 Å². The molecule has 1 unspecified atom stereocenters. The number of nitrogens with zero attached hydrogens (tertiary/aromatic N) is 1. The summed E-state index contributed by atoms with van der Waals surface area (Å²) in [6.07, 6.45) is 6.10. The van der Waals surface area contributed by atoms with E-state index in [0.29, 0.717) is 13.2 Å². The van der Waals surface area contributed by atoms with Crippen molar-refractivity contribution in [3.63, 3.8) is 0 Å². The minimum absolute atomic E-state index is 0.00352. The maximum atomic E-state index is 12.6. The van der Waals surface area contributed by atoms with Crippen LogP contribution in [0.3, 0.4) is 0 Å². The van der Waals surface area contributed by atoms with Gasteiger partial charge in [-0.25, -0.2) is 0 Å². The third-order valence-electron chi connectivity index (χ3n) is 4.70. The van der Waals surface area contributed by atoms with Gasteiger partial charge in [0, 0.05) is 24.6 Å². The van der Waals surface area contributed by atoms with Crippen molar-refractivity contribution in [3.8, 4) is 0 Å². The zero-order valence-electron chi connectivity index (χ0n) is 13.0. The summed E-state index contributed by atoms with van der Waals surface area (Å²) in [6.45, 7) is 4.44. The van der Waals surface area contributed by atoms with E-state index < -0.39 is 5.60 Å². The number of amides is 1. The predicted molar refractivity (Wildman–Crippen MR) is 85.5 cm³/mol. The number of carbonyl (C=O) groups is 1. The number of carbonyl (C=O) groups excluding carboxylic acids is 1. The number of likely N-dealkylation sites (tertiary alicyclic amines) is 1. The summed E-state index contributed by atoms with van der Waals surface area (Å²) in [5, 5.41) is 10.3. The fourth-order valence-electron chi connectivity index (χ4n) is 2.93. The number of hydrogen-bond acceptors (Lipinski definition) is 3. The summed E-state index contributed by atoms with van der Waals surface area (Å²) in [4.78, 5) is 14.5. The Hall–Kier alpha value is -1.65. The Kier molecular flexibility index (Phi) is 4.32. The van der Waals surface area contributed by atoms with Crippen LogP contribution in [-0.4, -0.2) is 47.8 Å². The van der Waals surface area contributed by atoms with Crippen molar-refractivity contribution in [3.05, 3.63) is 41.5 Å². The van der Waals surface area contributed by atoms with Crippen molar-refractivity contribution in [1.29, 1.82) is 0 Å². The molecule has 22 heavy (non-hydrogen) atoms. The van der Waals surface area contributed by atoms with Crippen LogP contribution in [0, 0.1) is 5.92 Å². The third-order valence-corrected chi connectivity index (χ3v) is 4.70. The molecular weight excluding hydrogens is 278 g/mol. The second-order valence-electron chi connectivity index (χ2n) is 6.33. The van der Waals surface area contributed by atoms with Crippen LogP contribution in [0.4, 0.5) is 0 Å². The average Bonchev–Trinajstić information content (AvgIpc) is 3.04. The smallest absolute Gasteiger partial charge is 0.254 e. The number of benzene rings is 1. The zero-order chi connectivity index (χ0) is 15.6. The van der Waals surface area contributed by atoms with E-state index >= 15 is 0 Å². The van der Waals surface area contributed by atoms with Crippen molar-refractivity contribution in [2.24, 2.45) is 5.92 Å². The van der Waals surface area contributed by atoms with Gasteiger partial charge >= 0.3 is 0 Å². The molecule has 0 aromatic heterocycles. The van der Waals surface area contributed by atoms with Gasteiger partial charge in [0.15, 0.2) is 0 Å². The zero-order valence-corrected chi connectivity index (χ0v) is 13.0. The highest BCUT2D eigenvalue weighted by Gasteiger charge is 2.40. The molecule has 0 spiro atoms. The molecule has 1 aromatic carbocycles. The first kappa shape index (κ1) is 15.3. The third kappa shape index (κ3) is 2.94. The number of hydrogen-bond donors (Lipinski definition) is 1. The molecule has 3 rings (SSSR count). The van der Waals surface area contributed by atoms with Gasteiger partial charge in [0.05, 0.1) is 13.2 Å². The van der Waals surface area contributed by atoms with Gasteiger partial charge in [0.1, 0.15) is 5.60 Å². The van der Waals surface area contributed by atoms with Crippen LogP contribution in [0.25, 0.3) is 6.08 Å². The van der Waals surface area contributed by atoms with Crippen molar-refractivity contribution in [1.82, 2.24) is 4.90 Å². The van der Waals surface area contributed by atoms with Crippen molar-refractivity contribution >= 4 is 12.0 Å². The molecular formula is C18H23NO3. The summed E-state index contributed by atoms with van der Waals surface area (Å²) < 4.78 is 5.10. The Bertz CT molecular complexity index is 571. The fourth-order valence-corrected chi connectivity index (χ4v) is 2.93. The van der Waals surface area contributed by atoms with Crippen LogP contribution in [-0.2, 0) is 4.74 Å². The van der Waals surface area contributed by atoms with Crippen LogP contribution >= 0.6 is 0 Å². The molecule has 0 aliphatic carbocycles. The lowest BCUT2D eigenvalue weighted by Crippen LogP contribution is -2.53. The Labute approximate surface area is 131 Å². The second-order valence-corrected chi connectivity index (χ2v) is 6.33. The molecule has 1 atom stereocenters. The topological polar surface area (TPSA) is 49.8 Å². The predicted octanol–water partition coefficient (Wildman–Crippen LogP) is 2.33. The Morgan fingerprint density at radius 2 is 2.00 bits per heavy atom. The molecule has 118 valence electrons. The molecule has 2 fully saturated rings. The summed E-state index contributed by atoms with van der Waals surface area (Å²) >= 11 is 0. The molecule has 0 radical (unpaired) electrons. The van der Waals surface area contributed by atoms with Crippen LogP contribution < -0.4 is 0 Å². The van der Waals surface area contributed by atoms with Gasteiger partial charge in [0.25, 0.3) is 5.91 Å². The van der Waals surface area contributed by atoms with Gasteiger partial charge in [-0.2, -0.15) is 0 Å². The van der Waals surface area contributed by atoms with Crippen LogP contribution in [0.15, 0.2) is 30.3 Å². The van der Waals surface area contributed by atoms with Gasteiger partial charge in [-0.05, 0) is 24.5 Å². The van der Waals surface area contributed by atoms with Gasteiger partial charge in [-0.1, -0.05) is 37.3 Å². The van der Waals surface area contributed by atoms with Gasteiger partial charge in [0.2, 0.25) is 0 Å². The second kappa shape index (κ2) is 6.23. The lowest BCUT2D eigenvalue weighted by atomic mass is 9.86. The van der Waals surface area contributed by atoms with Crippen molar-refractivity contribution < 1.29 is 14.6 Å². The van der Waals surface area contributed by atoms with Gasteiger partial charge < -0.3 is 14.7 Å². The monoisotopic (exact) mass is 301 g/mol. The Morgan fingerprint density at radius 3 is 2.64 bits per heavy atom. The molecule has 4 nitrogen and oxygen atoms in total. The number of rotatable bonds is 4. The summed E-state index contributed by atoms with van der Waals surface area (Å²) in [6, 6.07) is 7.67. The lowest BCUT2D eigenvalue weighted by Gasteiger charge is -2.40. The lowest BCUT2D eigenvalue weighted by molar-refractivity contribution is -0.195. The highest BCUT2D eigenvalue weighted by molar-refractivity contribution is 5.97. The SMILES string of the molecule is CC(/C=C/c1ccccc1C(=O)N1CCCC1)C1(O)COC1. The highest BCUT2D eigenvalue weighted by Crippen LogP contribution is 2.28. The summed E-state index contributed by atoms with van der Waals surface area (Å²) in [5.41, 5.74) is 0.893. The summed E-state index contributed by atoms with van der Waals surface area (Å²) in [7, 11) is 0. The first-order valence-corrected chi connectivity index (χ1v) is 7.97. The summed E-state index contributed by atoms with van der Waals surface area (Å²) in [5.74, 6) is 0.104. The maximum Gasteiger partial charge on any atom is 0.254 e. The molecule has 0 bridgehead atoms. The minimum atomic E-state index is -0.760. The first-order chi connectivity index (χ1) is 10.6. The van der Waals surface area contributed by atoms with E-state index in [2.05, 4.69) is 0 Å². The quantitative estimate of drug-likeness (QED) is 0.928. The van der Waals surface area contributed by atoms with Gasteiger partial charge in [-0.15, -0.1) is 0 Å². The average molecular weight is 301 g/mol. The number of ether oxygens (including phenoxy) is 1. The Morgan fingerprint density at radius 1 is 1.32 bits per heavy atom. The van der Waals surface area contributed by atoms with E-state index in [1.807, 2.05) is 48.2 Å². The van der Waals surface area contributed by atoms with E-state index in [1.165, 1.54) is 0 Å². The van der Waals surface area contributed by atoms with E-state index in [1.54, 1.807) is 0 Å². The largest absolute Gasteiger partial charge is 0.384 e. The normalized spacial score (nSPS) is 21.8. The highest BCUT2D eigenvalue weighted by atomic mass is 16.5. The fraction of sp³-hybridized carbons (Fsp3) is 0.500. The molecule has 4 heteroatoms. The molecule has 1 N–H and O–H groups in total. The van der Waals surface area contributed by atoms with Gasteiger partial charge in [-0.3, -0.25) is 4.79 Å². The Balaban J connectivity index is 1.77. The molecule has 0 saturated carbocycles. The van der Waals surface area contributed by atoms with Crippen LogP contribution in [0.5, 0.6) is 0 Å². The molecule has 1 amide bonds. The molecule has 2 saturated heterocycles. The molecule has 2 aliphatic rings. The minimum Gasteiger partial charge on any atom is -0.384 e. The molecule has 1 aromatic rings. The molecule has 2 aliphatic heterocycles. The van der Waals surface area contributed by atoms with Crippen molar-refractivity contribution in [2.45, 2.75) is 25.4 Å². The first-order valence-electron chi connectivity index (χ1n) is 7.97. The van der Waals surface area contributed by atoms with Crippen LogP contribution in [0.2, 0.25) is 0 Å². The van der Waals surface area contributed by atoms with Crippen LogP contribution in [0.1, 0.15) is 35.7 Å². The maximum absolute atomic E-state index is 12.6. The standard InChI is InChI=1S/C18H23NO3/c1-14(18(21)12-22-13-18)8-9-15-6-2-3-7-16(15)17(20)19-10-4-5-11-19/h2-3,6-9,14,21H,4-5,10-13H2,1H3/b9-8+.